The van der Waals surface area contributed by atoms with Crippen molar-refractivity contribution in [2.24, 2.45) is 0 Å². The van der Waals surface area contributed by atoms with Crippen molar-refractivity contribution in [2.45, 2.75) is 14.6 Å². The first kappa shape index (κ1) is 24.3. The molecule has 3 aromatic rings. The standard InChI is InChI=1S/C20H19ClN4O4S4/c1-33(28,29)13-8-6-12(7-9-13)22-16(26)10-31-20-24-23-19(32-20)25-17(27)11-30-18(25)14-4-2-3-5-15(14)21/h2-9,18,28-29H,10-11H2,1H3,(H,22,26). The molecule has 0 spiro atoms. The van der Waals surface area contributed by atoms with Crippen molar-refractivity contribution in [3.05, 3.63) is 59.1 Å². The van der Waals surface area contributed by atoms with Crippen molar-refractivity contribution in [3.8, 4) is 0 Å². The lowest BCUT2D eigenvalue weighted by Gasteiger charge is -2.26. The highest BCUT2D eigenvalue weighted by molar-refractivity contribution is 8.23. The maximum absolute atomic E-state index is 12.5. The van der Waals surface area contributed by atoms with Gasteiger partial charge in [0.2, 0.25) is 16.9 Å². The molecule has 2 heterocycles. The van der Waals surface area contributed by atoms with Crippen molar-refractivity contribution >= 4 is 79.7 Å². The summed E-state index contributed by atoms with van der Waals surface area (Å²) in [6.45, 7) is 0. The molecule has 0 radical (unpaired) electrons. The molecule has 3 N–H and O–H groups in total. The number of halogens is 1. The zero-order chi connectivity index (χ0) is 23.6. The van der Waals surface area contributed by atoms with Gasteiger partial charge in [0.05, 0.1) is 16.4 Å². The molecule has 4 rings (SSSR count). The Morgan fingerprint density at radius 1 is 1.24 bits per heavy atom. The number of benzene rings is 2. The number of hydrogen-bond acceptors (Lipinski definition) is 9. The van der Waals surface area contributed by atoms with Gasteiger partial charge in [-0.1, -0.05) is 52.9 Å². The van der Waals surface area contributed by atoms with Crippen LogP contribution in [0.3, 0.4) is 0 Å². The van der Waals surface area contributed by atoms with Crippen LogP contribution in [0.2, 0.25) is 5.02 Å². The number of amides is 2. The molecule has 1 aliphatic heterocycles. The first-order valence-corrected chi connectivity index (χ1v) is 14.7. The first-order valence-electron chi connectivity index (χ1n) is 9.50. The van der Waals surface area contributed by atoms with Gasteiger partial charge in [-0.05, 0) is 30.3 Å². The fourth-order valence-corrected chi connectivity index (χ4v) is 6.91. The molecular weight excluding hydrogens is 524 g/mol. The lowest BCUT2D eigenvalue weighted by atomic mass is 10.2. The van der Waals surface area contributed by atoms with Crippen molar-refractivity contribution in [3.63, 3.8) is 0 Å². The number of thioether (sulfide) groups is 2. The van der Waals surface area contributed by atoms with E-state index in [1.807, 2.05) is 18.2 Å². The summed E-state index contributed by atoms with van der Waals surface area (Å²) in [5, 5.41) is 11.8. The van der Waals surface area contributed by atoms with Crippen molar-refractivity contribution in [2.75, 3.05) is 28.0 Å². The molecule has 0 bridgehead atoms. The topological polar surface area (TPSA) is 116 Å². The third-order valence-corrected chi connectivity index (χ3v) is 9.31. The minimum absolute atomic E-state index is 0.0671. The van der Waals surface area contributed by atoms with Crippen molar-refractivity contribution in [1.82, 2.24) is 10.2 Å². The van der Waals surface area contributed by atoms with Gasteiger partial charge in [0.15, 0.2) is 4.34 Å². The number of carbonyl (C=O) groups excluding carboxylic acids is 2. The molecule has 8 nitrogen and oxygen atoms in total. The molecule has 1 saturated heterocycles. The van der Waals surface area contributed by atoms with E-state index in [4.69, 9.17) is 11.6 Å². The Labute approximate surface area is 209 Å². The third kappa shape index (κ3) is 5.83. The normalized spacial score (nSPS) is 16.8. The van der Waals surface area contributed by atoms with Gasteiger partial charge in [-0.15, -0.1) is 22.0 Å². The van der Waals surface area contributed by atoms with Crippen LogP contribution < -0.4 is 10.2 Å². The second kappa shape index (κ2) is 10.2. The third-order valence-electron chi connectivity index (χ3n) is 4.55. The van der Waals surface area contributed by atoms with E-state index < -0.39 is 10.6 Å². The quantitative estimate of drug-likeness (QED) is 0.267. The lowest BCUT2D eigenvalue weighted by molar-refractivity contribution is -0.116. The predicted octanol–water partition coefficient (Wildman–Crippen LogP) is 5.44. The van der Waals surface area contributed by atoms with Crippen LogP contribution in [-0.4, -0.2) is 48.9 Å². The highest BCUT2D eigenvalue weighted by atomic mass is 35.5. The maximum atomic E-state index is 12.5. The summed E-state index contributed by atoms with van der Waals surface area (Å²) >= 11 is 10.3. The smallest absolute Gasteiger partial charge is 0.240 e. The van der Waals surface area contributed by atoms with Gasteiger partial charge in [-0.2, -0.15) is 10.6 Å². The summed E-state index contributed by atoms with van der Waals surface area (Å²) in [7, 11) is -2.79. The Balaban J connectivity index is 1.38. The van der Waals surface area contributed by atoms with E-state index in [1.54, 1.807) is 35.2 Å². The average molecular weight is 543 g/mol. The Morgan fingerprint density at radius 2 is 1.97 bits per heavy atom. The van der Waals surface area contributed by atoms with Crippen LogP contribution in [0, 0.1) is 0 Å². The van der Waals surface area contributed by atoms with Crippen molar-refractivity contribution < 1.29 is 18.7 Å². The second-order valence-electron chi connectivity index (χ2n) is 6.99. The van der Waals surface area contributed by atoms with E-state index in [0.717, 1.165) is 5.56 Å². The van der Waals surface area contributed by atoms with E-state index in [9.17, 15) is 18.7 Å². The van der Waals surface area contributed by atoms with Gasteiger partial charge in [0, 0.05) is 22.5 Å². The van der Waals surface area contributed by atoms with Gasteiger partial charge in [-0.3, -0.25) is 23.6 Å². The average Bonchev–Trinajstić information content (AvgIpc) is 3.38. The van der Waals surface area contributed by atoms with Gasteiger partial charge >= 0.3 is 0 Å². The lowest BCUT2D eigenvalue weighted by Crippen LogP contribution is -2.27. The van der Waals surface area contributed by atoms with Crippen LogP contribution in [0.25, 0.3) is 0 Å². The Morgan fingerprint density at radius 3 is 2.67 bits per heavy atom. The fourth-order valence-electron chi connectivity index (χ4n) is 3.01. The number of carbonyl (C=O) groups is 2. The first-order chi connectivity index (χ1) is 15.7. The molecule has 174 valence electrons. The van der Waals surface area contributed by atoms with E-state index in [1.165, 1.54) is 41.1 Å². The van der Waals surface area contributed by atoms with Crippen LogP contribution >= 0.6 is 57.1 Å². The molecule has 1 aliphatic rings. The molecule has 1 unspecified atom stereocenters. The van der Waals surface area contributed by atoms with Gasteiger partial charge in [-0.25, -0.2) is 0 Å². The fraction of sp³-hybridized carbons (Fsp3) is 0.200. The minimum Gasteiger partial charge on any atom is -0.325 e. The second-order valence-corrected chi connectivity index (χ2v) is 12.8. The van der Waals surface area contributed by atoms with E-state index >= 15 is 0 Å². The minimum atomic E-state index is -2.79. The molecule has 0 saturated carbocycles. The molecular formula is C20H19ClN4O4S4. The largest absolute Gasteiger partial charge is 0.325 e. The van der Waals surface area contributed by atoms with Gasteiger partial charge in [0.1, 0.15) is 5.37 Å². The number of anilines is 2. The predicted molar refractivity (Wildman–Crippen MR) is 137 cm³/mol. The highest BCUT2D eigenvalue weighted by Gasteiger charge is 2.37. The summed E-state index contributed by atoms with van der Waals surface area (Å²) in [5.74, 6) is 0.124. The molecule has 1 atom stereocenters. The van der Waals surface area contributed by atoms with Crippen LogP contribution in [0.4, 0.5) is 10.8 Å². The maximum Gasteiger partial charge on any atom is 0.240 e. The molecule has 0 aliphatic carbocycles. The SMILES string of the molecule is CS(O)(O)c1ccc(NC(=O)CSc2nnc(N3C(=O)CSC3c3ccccc3Cl)s2)cc1. The zero-order valence-electron chi connectivity index (χ0n) is 17.2. The highest BCUT2D eigenvalue weighted by Crippen LogP contribution is 2.45. The number of nitrogens with zero attached hydrogens (tertiary/aromatic N) is 3. The van der Waals surface area contributed by atoms with Crippen LogP contribution in [0.1, 0.15) is 10.9 Å². The summed E-state index contributed by atoms with van der Waals surface area (Å²) in [4.78, 5) is 26.8. The van der Waals surface area contributed by atoms with E-state index in [0.29, 0.717) is 30.8 Å². The van der Waals surface area contributed by atoms with E-state index in [-0.39, 0.29) is 22.9 Å². The Bertz CT molecular complexity index is 1170. The molecule has 1 fully saturated rings. The Hall–Kier alpha value is -1.80. The number of rotatable bonds is 7. The molecule has 2 aromatic carbocycles. The summed E-state index contributed by atoms with van der Waals surface area (Å²) in [5.41, 5.74) is 1.39. The number of nitrogens with one attached hydrogen (secondary N) is 1. The summed E-state index contributed by atoms with van der Waals surface area (Å²) < 4.78 is 19.9. The Kier molecular flexibility index (Phi) is 7.53. The molecule has 33 heavy (non-hydrogen) atoms. The molecule has 1 aromatic heterocycles. The molecule has 2 amide bonds. The summed E-state index contributed by atoms with van der Waals surface area (Å²) in [6, 6.07) is 13.8. The zero-order valence-corrected chi connectivity index (χ0v) is 21.2. The molecule has 13 heteroatoms. The van der Waals surface area contributed by atoms with E-state index in [2.05, 4.69) is 15.5 Å². The summed E-state index contributed by atoms with van der Waals surface area (Å²) in [6.07, 6.45) is 1.35. The number of aromatic nitrogens is 2. The van der Waals surface area contributed by atoms with Crippen LogP contribution in [0.15, 0.2) is 57.8 Å². The van der Waals surface area contributed by atoms with Crippen LogP contribution in [-0.2, 0) is 9.59 Å². The number of hydrogen-bond donors (Lipinski definition) is 3. The van der Waals surface area contributed by atoms with Crippen molar-refractivity contribution in [1.29, 1.82) is 0 Å². The van der Waals surface area contributed by atoms with Gasteiger partial charge in [0.25, 0.3) is 0 Å². The monoisotopic (exact) mass is 542 g/mol. The van der Waals surface area contributed by atoms with Gasteiger partial charge < -0.3 is 5.32 Å². The van der Waals surface area contributed by atoms with Crippen LogP contribution in [0.5, 0.6) is 0 Å².